The fraction of sp³-hybridized carbons (Fsp3) is 0.350. The van der Waals surface area contributed by atoms with Gasteiger partial charge in [-0.3, -0.25) is 9.59 Å². The summed E-state index contributed by atoms with van der Waals surface area (Å²) >= 11 is 2.30. The van der Waals surface area contributed by atoms with Crippen molar-refractivity contribution in [3.63, 3.8) is 0 Å². The van der Waals surface area contributed by atoms with E-state index in [1.807, 2.05) is 20.8 Å². The number of para-hydroxylation sites is 4. The number of aldehydes is 1. The molecule has 31 heteroatoms. The average molecular weight is 1300 g/mol. The Morgan fingerprint density at radius 2 is 0.868 bits per heavy atom. The van der Waals surface area contributed by atoms with Gasteiger partial charge in [0.05, 0.1) is 5.56 Å². The molecule has 2 aromatic heterocycles. The van der Waals surface area contributed by atoms with Crippen molar-refractivity contribution in [2.75, 3.05) is 56.1 Å². The largest absolute Gasteiger partial charge is 0.480 e. The molecule has 0 saturated carbocycles. The first kappa shape index (κ1) is 66.8. The summed E-state index contributed by atoms with van der Waals surface area (Å²) in [7, 11) is 0. The van der Waals surface area contributed by atoms with Gasteiger partial charge in [0.15, 0.2) is 75.9 Å². The number of nitrogen functional groups attached to an aromatic ring is 2. The van der Waals surface area contributed by atoms with Crippen molar-refractivity contribution in [1.82, 2.24) is 20.4 Å². The minimum Gasteiger partial charge on any atom is -0.480 e. The monoisotopic (exact) mass is 1300 g/mol. The van der Waals surface area contributed by atoms with Gasteiger partial charge in [0.25, 0.3) is 0 Å². The predicted octanol–water partition coefficient (Wildman–Crippen LogP) is 8.17. The molecule has 0 amide bonds. The van der Waals surface area contributed by atoms with Gasteiger partial charge in [0.2, 0.25) is 54.5 Å². The van der Waals surface area contributed by atoms with Crippen molar-refractivity contribution in [2.24, 2.45) is 11.5 Å². The molecule has 29 nitrogen and oxygen atoms in total. The highest BCUT2D eigenvalue weighted by Crippen LogP contribution is 2.43. The number of fused-ring (bicyclic) bond motifs is 5. The van der Waals surface area contributed by atoms with Crippen molar-refractivity contribution in [3.8, 4) is 57.5 Å². The average Bonchev–Trinajstić information content (AvgIpc) is 1.85. The van der Waals surface area contributed by atoms with Crippen LogP contribution < -0.4 is 80.9 Å². The Morgan fingerprint density at radius 3 is 1.33 bits per heavy atom. The fourth-order valence-corrected chi connectivity index (χ4v) is 9.51. The number of nitrogens with zero attached hydrogens (tertiary/aromatic N) is 4. The number of carboxylic acids is 1. The number of nitrogens with two attached hydrogens (primary N) is 4. The lowest BCUT2D eigenvalue weighted by Gasteiger charge is -2.25. The van der Waals surface area contributed by atoms with Gasteiger partial charge < -0.3 is 100 Å². The molecule has 4 atom stereocenters. The Kier molecular flexibility index (Phi) is 21.3. The summed E-state index contributed by atoms with van der Waals surface area (Å²) in [5.41, 5.74) is 23.6. The first-order valence-electron chi connectivity index (χ1n) is 27.7. The van der Waals surface area contributed by atoms with E-state index in [4.69, 9.17) is 89.6 Å². The quantitative estimate of drug-likeness (QED) is 0.0325. The molecule has 0 radical (unpaired) electrons. The highest BCUT2D eigenvalue weighted by Gasteiger charge is 2.35. The van der Waals surface area contributed by atoms with Crippen molar-refractivity contribution in [1.29, 1.82) is 0 Å². The molecule has 5 aliphatic heterocycles. The van der Waals surface area contributed by atoms with Crippen LogP contribution in [-0.2, 0) is 33.4 Å². The number of carbonyl (C=O) groups excluding carboxylic acids is 4. The lowest BCUT2D eigenvalue weighted by molar-refractivity contribution is -0.157. The molecule has 5 aromatic carbocycles. The first-order chi connectivity index (χ1) is 43.1. The number of carbonyl (C=O) groups is 5. The summed E-state index contributed by atoms with van der Waals surface area (Å²) in [6.07, 6.45) is 0.757. The zero-order valence-electron chi connectivity index (χ0n) is 50.8. The van der Waals surface area contributed by atoms with E-state index in [0.29, 0.717) is 106 Å². The van der Waals surface area contributed by atoms with E-state index in [1.165, 1.54) is 0 Å². The highest BCUT2D eigenvalue weighted by atomic mass is 32.1. The van der Waals surface area contributed by atoms with Gasteiger partial charge in [-0.25, -0.2) is 14.4 Å². The number of ether oxygens (including phenoxy) is 13. The molecule has 0 fully saturated rings. The smallest absolute Gasteiger partial charge is 0.334 e. The molecular formula is C60H68N10O19S2. The van der Waals surface area contributed by atoms with Crippen molar-refractivity contribution < 1.29 is 90.7 Å². The molecule has 0 aliphatic carbocycles. The van der Waals surface area contributed by atoms with Crippen molar-refractivity contribution in [3.05, 3.63) is 119 Å². The maximum Gasteiger partial charge on any atom is 0.334 e. The van der Waals surface area contributed by atoms with Gasteiger partial charge in [-0.1, -0.05) is 71.2 Å². The normalized spacial score (nSPS) is 14.5. The van der Waals surface area contributed by atoms with Crippen LogP contribution in [0.25, 0.3) is 0 Å². The maximum atomic E-state index is 12.7. The molecule has 0 spiro atoms. The van der Waals surface area contributed by atoms with Crippen molar-refractivity contribution >= 4 is 73.4 Å². The molecule has 7 aromatic rings. The highest BCUT2D eigenvalue weighted by molar-refractivity contribution is 7.19. The third-order valence-electron chi connectivity index (χ3n) is 12.2. The van der Waals surface area contributed by atoms with Gasteiger partial charge in [0.1, 0.15) is 28.9 Å². The molecule has 91 heavy (non-hydrogen) atoms. The predicted molar refractivity (Wildman–Crippen MR) is 329 cm³/mol. The summed E-state index contributed by atoms with van der Waals surface area (Å²) < 4.78 is 68.8. The number of hydrogen-bond donors (Lipinski definition) is 7. The fourth-order valence-electron chi connectivity index (χ4n) is 8.44. The number of benzene rings is 5. The molecule has 12 rings (SSSR count). The van der Waals surface area contributed by atoms with E-state index in [0.717, 1.165) is 29.0 Å². The topological polar surface area (TPSA) is 405 Å². The number of rotatable bonds is 13. The zero-order chi connectivity index (χ0) is 65.8. The van der Waals surface area contributed by atoms with Crippen LogP contribution in [0.3, 0.4) is 0 Å². The second kappa shape index (κ2) is 29.0. The van der Waals surface area contributed by atoms with Gasteiger partial charge in [-0.15, -0.1) is 20.4 Å². The van der Waals surface area contributed by atoms with Crippen LogP contribution >= 0.6 is 22.7 Å². The van der Waals surface area contributed by atoms with E-state index in [9.17, 15) is 24.0 Å². The molecule has 0 saturated heterocycles. The Labute approximate surface area is 529 Å². The van der Waals surface area contributed by atoms with Crippen molar-refractivity contribution in [2.45, 2.75) is 103 Å². The lowest BCUT2D eigenvalue weighted by atomic mass is 10.0. The number of esters is 3. The molecular weight excluding hydrogens is 1230 g/mol. The Bertz CT molecular complexity index is 3730. The van der Waals surface area contributed by atoms with Crippen LogP contribution in [0, 0.1) is 0 Å². The number of aromatic nitrogens is 4. The van der Waals surface area contributed by atoms with Gasteiger partial charge in [0, 0.05) is 16.7 Å². The van der Waals surface area contributed by atoms with Crippen LogP contribution in [0.4, 0.5) is 20.5 Å². The summed E-state index contributed by atoms with van der Waals surface area (Å²) in [4.78, 5) is 58.4. The number of anilines is 4. The third kappa shape index (κ3) is 18.0. The van der Waals surface area contributed by atoms with E-state index in [1.54, 1.807) is 133 Å². The summed E-state index contributed by atoms with van der Waals surface area (Å²) in [5, 5.41) is 31.6. The Balaban J connectivity index is 0.000000150. The number of aliphatic carboxylic acids is 1. The summed E-state index contributed by atoms with van der Waals surface area (Å²) in [6, 6.07) is 22.6. The van der Waals surface area contributed by atoms with E-state index in [2.05, 4.69) is 31.0 Å². The van der Waals surface area contributed by atoms with Gasteiger partial charge in [-0.05, 0) is 110 Å². The zero-order valence-corrected chi connectivity index (χ0v) is 52.4. The lowest BCUT2D eigenvalue weighted by Crippen LogP contribution is -2.31. The number of hydrogen-bond acceptors (Lipinski definition) is 30. The van der Waals surface area contributed by atoms with E-state index < -0.39 is 64.8 Å². The molecule has 7 heterocycles. The number of nitrogens with one attached hydrogen (secondary N) is 2. The van der Waals surface area contributed by atoms with Gasteiger partial charge >= 0.3 is 23.9 Å². The van der Waals surface area contributed by atoms with Crippen LogP contribution in [0.15, 0.2) is 91.0 Å². The third-order valence-corrected chi connectivity index (χ3v) is 13.5. The Morgan fingerprint density at radius 1 is 0.484 bits per heavy atom. The maximum absolute atomic E-state index is 12.7. The summed E-state index contributed by atoms with van der Waals surface area (Å²) in [5.74, 6) is 3.16. The first-order valence-corrected chi connectivity index (χ1v) is 29.3. The molecule has 11 N–H and O–H groups in total. The second-order valence-electron chi connectivity index (χ2n) is 22.5. The number of carboxylic acid groups (broad SMARTS) is 1. The SMILES string of the molecule is CC(C)(C)OC(=O)C(N)c1cccc2c1OCO2.CC(C)(C)OC(=O)C(Nc1nnc(N)s1)c1ccc2c(c1)OCO2.CC(C)(C)OC(=O)C(Nc1nnc(N)s1)c1cccc2c1OCO2.NC(C(=O)O)c1cccc2c1OCO2.O=Cc1cccc2c1OCO2. The van der Waals surface area contributed by atoms with Crippen LogP contribution in [0.1, 0.15) is 119 Å². The second-order valence-corrected chi connectivity index (χ2v) is 24.5. The van der Waals surface area contributed by atoms with Crippen LogP contribution in [-0.4, -0.2) is 106 Å². The Hall–Kier alpha value is -10.1. The molecule has 0 bridgehead atoms. The van der Waals surface area contributed by atoms with Crippen LogP contribution in [0.2, 0.25) is 0 Å². The summed E-state index contributed by atoms with van der Waals surface area (Å²) in [6.45, 7) is 17.0. The van der Waals surface area contributed by atoms with E-state index >= 15 is 0 Å². The molecule has 5 aliphatic rings. The molecule has 4 unspecified atom stereocenters. The van der Waals surface area contributed by atoms with Gasteiger partial charge in [-0.2, -0.15) is 0 Å². The van der Waals surface area contributed by atoms with Crippen LogP contribution in [0.5, 0.6) is 57.5 Å². The standard InChI is InChI=1S/2C15H18N4O4S.C13H17NO4.C9H9NO4.C8H6O3/c1-15(2,3)23-12(20)11(17-14-19-18-13(16)24-14)8-4-5-9-10(6-8)22-7-21-9;1-15(2,3)23-12(20)10(17-14-19-18-13(16)24-14)8-5-4-6-9-11(8)22-7-21-9;1-13(2,3)18-12(15)10(14)8-5-4-6-9-11(8)17-7-16-9;10-7(9(11)12)5-2-1-3-6-8(5)14-4-13-6;9-4-6-2-1-3-7-8(6)11-5-10-7/h4-6,11H,7H2,1-3H3,(H2,16,18)(H,17,19);4-6,10H,7H2,1-3H3,(H2,16,18)(H,17,19);4-6,10H,7,14H2,1-3H3;1-3,7H,4,10H2,(H,11,12);1-4H,5H2. The molecule has 484 valence electrons. The minimum absolute atomic E-state index is 0.110. The minimum atomic E-state index is -1.09. The van der Waals surface area contributed by atoms with E-state index in [-0.39, 0.29) is 34.0 Å².